The number of sulfonamides is 1. The van der Waals surface area contributed by atoms with Crippen LogP contribution in [0.2, 0.25) is 5.02 Å². The summed E-state index contributed by atoms with van der Waals surface area (Å²) in [6, 6.07) is 6.09. The molecule has 0 amide bonds. The largest absolute Gasteiger partial charge is 0.481 e. The molecule has 104 valence electrons. The van der Waals surface area contributed by atoms with Crippen molar-refractivity contribution in [1.82, 2.24) is 4.31 Å². The number of carboxylic acid groups (broad SMARTS) is 1. The number of benzene rings is 1. The van der Waals surface area contributed by atoms with Gasteiger partial charge in [0.05, 0.1) is 4.90 Å². The van der Waals surface area contributed by atoms with Crippen LogP contribution in [-0.4, -0.2) is 36.9 Å². The van der Waals surface area contributed by atoms with Crippen LogP contribution in [0.3, 0.4) is 0 Å². The molecule has 5 nitrogen and oxygen atoms in total. The summed E-state index contributed by atoms with van der Waals surface area (Å²) in [5.74, 6) is -1.02. The van der Waals surface area contributed by atoms with Gasteiger partial charge in [-0.15, -0.1) is 0 Å². The second kappa shape index (κ2) is 5.48. The fourth-order valence-electron chi connectivity index (χ4n) is 2.21. The number of hydrogen-bond acceptors (Lipinski definition) is 3. The number of aliphatic carboxylic acids is 1. The van der Waals surface area contributed by atoms with E-state index in [4.69, 9.17) is 16.7 Å². The molecule has 1 aromatic rings. The number of rotatable bonds is 4. The maximum atomic E-state index is 12.3. The van der Waals surface area contributed by atoms with Crippen LogP contribution in [-0.2, 0) is 14.8 Å². The van der Waals surface area contributed by atoms with Crippen LogP contribution in [0.5, 0.6) is 0 Å². The zero-order valence-electron chi connectivity index (χ0n) is 10.1. The molecule has 0 saturated carbocycles. The number of carboxylic acids is 1. The molecule has 19 heavy (non-hydrogen) atoms. The molecule has 1 aliphatic heterocycles. The van der Waals surface area contributed by atoms with Gasteiger partial charge >= 0.3 is 5.97 Å². The lowest BCUT2D eigenvalue weighted by Gasteiger charge is -2.16. The van der Waals surface area contributed by atoms with Crippen LogP contribution < -0.4 is 0 Å². The van der Waals surface area contributed by atoms with Gasteiger partial charge in [-0.3, -0.25) is 4.79 Å². The lowest BCUT2D eigenvalue weighted by molar-refractivity contribution is -0.137. The third-order valence-electron chi connectivity index (χ3n) is 3.15. The van der Waals surface area contributed by atoms with Gasteiger partial charge in [-0.25, -0.2) is 8.42 Å². The zero-order valence-corrected chi connectivity index (χ0v) is 11.7. The standard InChI is InChI=1S/C12H14ClNO4S/c13-10-2-1-3-11(7-10)19(17,18)14-5-4-9(8-14)6-12(15)16/h1-3,7,9H,4-6,8H2,(H,15,16). The molecule has 1 heterocycles. The van der Waals surface area contributed by atoms with Crippen LogP contribution in [0, 0.1) is 5.92 Å². The normalized spacial score (nSPS) is 20.6. The molecule has 1 aliphatic rings. The van der Waals surface area contributed by atoms with E-state index in [9.17, 15) is 13.2 Å². The van der Waals surface area contributed by atoms with Crippen molar-refractivity contribution in [2.24, 2.45) is 5.92 Å². The van der Waals surface area contributed by atoms with Crippen molar-refractivity contribution in [3.05, 3.63) is 29.3 Å². The molecule has 2 rings (SSSR count). The molecule has 0 aromatic heterocycles. The van der Waals surface area contributed by atoms with E-state index in [1.165, 1.54) is 16.4 Å². The number of carbonyl (C=O) groups is 1. The van der Waals surface area contributed by atoms with E-state index < -0.39 is 16.0 Å². The quantitative estimate of drug-likeness (QED) is 0.921. The Morgan fingerprint density at radius 1 is 1.47 bits per heavy atom. The summed E-state index contributed by atoms with van der Waals surface area (Å²) in [5, 5.41) is 9.09. The molecule has 0 aliphatic carbocycles. The lowest BCUT2D eigenvalue weighted by Crippen LogP contribution is -2.29. The summed E-state index contributed by atoms with van der Waals surface area (Å²) in [6.45, 7) is 0.605. The third kappa shape index (κ3) is 3.26. The van der Waals surface area contributed by atoms with Gasteiger partial charge in [0.2, 0.25) is 10.0 Å². The van der Waals surface area contributed by atoms with Gasteiger partial charge in [-0.05, 0) is 30.5 Å². The molecule has 1 atom stereocenters. The maximum Gasteiger partial charge on any atom is 0.303 e. The first-order chi connectivity index (χ1) is 8.89. The predicted octanol–water partition coefficient (Wildman–Crippen LogP) is 1.83. The summed E-state index contributed by atoms with van der Waals surface area (Å²) in [7, 11) is -3.57. The highest BCUT2D eigenvalue weighted by Crippen LogP contribution is 2.27. The summed E-state index contributed by atoms with van der Waals surface area (Å²) < 4.78 is 26.0. The van der Waals surface area contributed by atoms with Crippen molar-refractivity contribution in [2.45, 2.75) is 17.7 Å². The fourth-order valence-corrected chi connectivity index (χ4v) is 4.04. The van der Waals surface area contributed by atoms with Gasteiger partial charge in [0.15, 0.2) is 0 Å². The average molecular weight is 304 g/mol. The highest BCUT2D eigenvalue weighted by atomic mass is 35.5. The number of halogens is 1. The minimum atomic E-state index is -3.57. The second-order valence-electron chi connectivity index (χ2n) is 4.57. The smallest absolute Gasteiger partial charge is 0.303 e. The third-order valence-corrected chi connectivity index (χ3v) is 5.24. The van der Waals surface area contributed by atoms with Crippen LogP contribution >= 0.6 is 11.6 Å². The van der Waals surface area contributed by atoms with Gasteiger partial charge in [0, 0.05) is 24.5 Å². The first-order valence-corrected chi connectivity index (χ1v) is 7.69. The van der Waals surface area contributed by atoms with Crippen molar-refractivity contribution < 1.29 is 18.3 Å². The van der Waals surface area contributed by atoms with Crippen LogP contribution in [0.15, 0.2) is 29.2 Å². The zero-order chi connectivity index (χ0) is 14.0. The molecule has 0 spiro atoms. The summed E-state index contributed by atoms with van der Waals surface area (Å²) in [4.78, 5) is 10.8. The molecule has 7 heteroatoms. The van der Waals surface area contributed by atoms with Crippen LogP contribution in [0.1, 0.15) is 12.8 Å². The minimum absolute atomic E-state index is 0.00155. The van der Waals surface area contributed by atoms with Crippen molar-refractivity contribution in [2.75, 3.05) is 13.1 Å². The first kappa shape index (κ1) is 14.3. The van der Waals surface area contributed by atoms with Crippen molar-refractivity contribution in [1.29, 1.82) is 0 Å². The Balaban J connectivity index is 2.16. The Morgan fingerprint density at radius 3 is 2.84 bits per heavy atom. The Hall–Kier alpha value is -1.11. The molecular weight excluding hydrogens is 290 g/mol. The van der Waals surface area contributed by atoms with Crippen molar-refractivity contribution in [3.63, 3.8) is 0 Å². The topological polar surface area (TPSA) is 74.7 Å². The Labute approximate surface area is 116 Å². The van der Waals surface area contributed by atoms with Crippen LogP contribution in [0.25, 0.3) is 0 Å². The molecule has 1 saturated heterocycles. The van der Waals surface area contributed by atoms with E-state index in [2.05, 4.69) is 0 Å². The minimum Gasteiger partial charge on any atom is -0.481 e. The van der Waals surface area contributed by atoms with Crippen molar-refractivity contribution >= 4 is 27.6 Å². The second-order valence-corrected chi connectivity index (χ2v) is 6.95. The highest BCUT2D eigenvalue weighted by Gasteiger charge is 2.33. The predicted molar refractivity (Wildman–Crippen MR) is 70.6 cm³/mol. The molecular formula is C12H14ClNO4S. The van der Waals surface area contributed by atoms with E-state index in [-0.39, 0.29) is 23.8 Å². The lowest BCUT2D eigenvalue weighted by atomic mass is 10.1. The van der Waals surface area contributed by atoms with Gasteiger partial charge in [0.25, 0.3) is 0 Å². The van der Waals surface area contributed by atoms with Gasteiger partial charge < -0.3 is 5.11 Å². The van der Waals surface area contributed by atoms with E-state index >= 15 is 0 Å². The number of nitrogens with zero attached hydrogens (tertiary/aromatic N) is 1. The molecule has 1 unspecified atom stereocenters. The molecule has 1 N–H and O–H groups in total. The monoisotopic (exact) mass is 303 g/mol. The Bertz CT molecular complexity index is 587. The fraction of sp³-hybridized carbons (Fsp3) is 0.417. The highest BCUT2D eigenvalue weighted by molar-refractivity contribution is 7.89. The first-order valence-electron chi connectivity index (χ1n) is 5.87. The van der Waals surface area contributed by atoms with Gasteiger partial charge in [0.1, 0.15) is 0 Å². The molecule has 0 radical (unpaired) electrons. The SMILES string of the molecule is O=C(O)CC1CCN(S(=O)(=O)c2cccc(Cl)c2)C1. The molecule has 1 fully saturated rings. The van der Waals surface area contributed by atoms with E-state index in [0.717, 1.165) is 0 Å². The van der Waals surface area contributed by atoms with Crippen molar-refractivity contribution in [3.8, 4) is 0 Å². The Kier molecular flexibility index (Phi) is 4.13. The maximum absolute atomic E-state index is 12.3. The average Bonchev–Trinajstić information content (AvgIpc) is 2.77. The van der Waals surface area contributed by atoms with Gasteiger partial charge in [-0.1, -0.05) is 17.7 Å². The summed E-state index contributed by atoms with van der Waals surface area (Å²) >= 11 is 5.79. The Morgan fingerprint density at radius 2 is 2.21 bits per heavy atom. The molecule has 1 aromatic carbocycles. The van der Waals surface area contributed by atoms with E-state index in [1.54, 1.807) is 12.1 Å². The number of hydrogen-bond donors (Lipinski definition) is 1. The van der Waals surface area contributed by atoms with E-state index in [1.807, 2.05) is 0 Å². The van der Waals surface area contributed by atoms with Crippen LogP contribution in [0.4, 0.5) is 0 Å². The summed E-state index contributed by atoms with van der Waals surface area (Å²) in [5.41, 5.74) is 0. The van der Waals surface area contributed by atoms with Gasteiger partial charge in [-0.2, -0.15) is 4.31 Å². The molecule has 0 bridgehead atoms. The van der Waals surface area contributed by atoms with E-state index in [0.29, 0.717) is 18.0 Å². The summed E-state index contributed by atoms with van der Waals surface area (Å²) in [6.07, 6.45) is 0.577.